The fraction of sp³-hybridized carbons (Fsp3) is 0.174. The number of nitrogens with two attached hydrogens (primary N) is 1. The summed E-state index contributed by atoms with van der Waals surface area (Å²) in [6.45, 7) is 2.70. The average Bonchev–Trinajstić information content (AvgIpc) is 2.69. The molecule has 0 saturated heterocycles. The van der Waals surface area contributed by atoms with Crippen molar-refractivity contribution < 1.29 is 9.18 Å². The lowest BCUT2D eigenvalue weighted by atomic mass is 9.96. The van der Waals surface area contributed by atoms with Gasteiger partial charge in [-0.05, 0) is 52.9 Å². The van der Waals surface area contributed by atoms with Crippen molar-refractivity contribution in [2.45, 2.75) is 25.9 Å². The van der Waals surface area contributed by atoms with Crippen LogP contribution in [0.3, 0.4) is 0 Å². The molecule has 0 bridgehead atoms. The summed E-state index contributed by atoms with van der Waals surface area (Å²) in [6, 6.07) is 22.1. The lowest BCUT2D eigenvalue weighted by Crippen LogP contribution is -2.22. The Bertz CT molecular complexity index is 904. The third-order valence-electron chi connectivity index (χ3n) is 4.65. The number of amides is 1. The Morgan fingerprint density at radius 3 is 2.22 bits per heavy atom. The molecule has 0 fully saturated rings. The Morgan fingerprint density at radius 1 is 0.963 bits per heavy atom. The SMILES string of the molecule is CCc1ccc([C@H](NCc2ccc(C(N)=O)cc2)c2cccc(F)c2)cc1. The summed E-state index contributed by atoms with van der Waals surface area (Å²) in [5.41, 5.74) is 9.99. The number of aryl methyl sites for hydroxylation is 1. The molecule has 0 saturated carbocycles. The Hall–Kier alpha value is -2.98. The lowest BCUT2D eigenvalue weighted by molar-refractivity contribution is 0.100. The van der Waals surface area contributed by atoms with Crippen LogP contribution in [0.2, 0.25) is 0 Å². The first kappa shape index (κ1) is 18.8. The minimum absolute atomic E-state index is 0.137. The summed E-state index contributed by atoms with van der Waals surface area (Å²) in [7, 11) is 0. The van der Waals surface area contributed by atoms with E-state index in [0.29, 0.717) is 12.1 Å². The van der Waals surface area contributed by atoms with E-state index in [9.17, 15) is 9.18 Å². The maximum Gasteiger partial charge on any atom is 0.248 e. The van der Waals surface area contributed by atoms with Crippen LogP contribution in [0, 0.1) is 5.82 Å². The molecule has 0 aliphatic rings. The number of carbonyl (C=O) groups is 1. The van der Waals surface area contributed by atoms with E-state index >= 15 is 0 Å². The summed E-state index contributed by atoms with van der Waals surface area (Å²) in [5, 5.41) is 3.50. The molecule has 0 aliphatic heterocycles. The zero-order chi connectivity index (χ0) is 19.2. The van der Waals surface area contributed by atoms with E-state index in [2.05, 4.69) is 36.5 Å². The Balaban J connectivity index is 1.84. The van der Waals surface area contributed by atoms with Gasteiger partial charge in [-0.1, -0.05) is 55.5 Å². The molecule has 138 valence electrons. The van der Waals surface area contributed by atoms with Crippen molar-refractivity contribution in [2.75, 3.05) is 0 Å². The third-order valence-corrected chi connectivity index (χ3v) is 4.65. The van der Waals surface area contributed by atoms with Gasteiger partial charge in [0, 0.05) is 12.1 Å². The van der Waals surface area contributed by atoms with Crippen LogP contribution >= 0.6 is 0 Å². The molecule has 3 N–H and O–H groups in total. The molecule has 0 unspecified atom stereocenters. The first-order valence-electron chi connectivity index (χ1n) is 9.03. The first-order valence-corrected chi connectivity index (χ1v) is 9.03. The van der Waals surface area contributed by atoms with E-state index in [1.54, 1.807) is 24.3 Å². The number of primary amides is 1. The number of nitrogens with one attached hydrogen (secondary N) is 1. The van der Waals surface area contributed by atoms with Crippen molar-refractivity contribution in [3.05, 3.63) is 106 Å². The van der Waals surface area contributed by atoms with Crippen molar-refractivity contribution >= 4 is 5.91 Å². The molecule has 0 heterocycles. The molecule has 4 heteroatoms. The van der Waals surface area contributed by atoms with Gasteiger partial charge in [0.15, 0.2) is 0 Å². The molecular formula is C23H23FN2O. The summed E-state index contributed by atoms with van der Waals surface area (Å²) in [5.74, 6) is -0.696. The van der Waals surface area contributed by atoms with Crippen LogP contribution in [-0.4, -0.2) is 5.91 Å². The number of carbonyl (C=O) groups excluding carboxylic acids is 1. The summed E-state index contributed by atoms with van der Waals surface area (Å²) in [6.07, 6.45) is 0.977. The van der Waals surface area contributed by atoms with E-state index in [1.807, 2.05) is 18.2 Å². The van der Waals surface area contributed by atoms with Crippen LogP contribution in [0.15, 0.2) is 72.8 Å². The number of benzene rings is 3. The highest BCUT2D eigenvalue weighted by atomic mass is 19.1. The van der Waals surface area contributed by atoms with Crippen molar-refractivity contribution in [3.63, 3.8) is 0 Å². The van der Waals surface area contributed by atoms with E-state index in [4.69, 9.17) is 5.73 Å². The van der Waals surface area contributed by atoms with Crippen molar-refractivity contribution in [2.24, 2.45) is 5.73 Å². The largest absolute Gasteiger partial charge is 0.366 e. The van der Waals surface area contributed by atoms with Gasteiger partial charge in [-0.15, -0.1) is 0 Å². The predicted octanol–water partition coefficient (Wildman–Crippen LogP) is 4.37. The third kappa shape index (κ3) is 4.80. The minimum atomic E-state index is -0.442. The smallest absolute Gasteiger partial charge is 0.248 e. The molecule has 0 aliphatic carbocycles. The number of halogens is 1. The normalized spacial score (nSPS) is 11.9. The summed E-state index contributed by atoms with van der Waals surface area (Å²) < 4.78 is 13.8. The highest BCUT2D eigenvalue weighted by Gasteiger charge is 2.14. The van der Waals surface area contributed by atoms with Gasteiger partial charge in [0.1, 0.15) is 5.82 Å². The van der Waals surface area contributed by atoms with Gasteiger partial charge in [0.05, 0.1) is 6.04 Å². The zero-order valence-corrected chi connectivity index (χ0v) is 15.3. The molecule has 1 atom stereocenters. The van der Waals surface area contributed by atoms with E-state index < -0.39 is 5.91 Å². The van der Waals surface area contributed by atoms with Gasteiger partial charge in [0.25, 0.3) is 0 Å². The standard InChI is InChI=1S/C23H23FN2O/c1-2-16-6-10-18(11-7-16)22(20-4-3-5-21(24)14-20)26-15-17-8-12-19(13-9-17)23(25)27/h3-14,22,26H,2,15H2,1H3,(H2,25,27)/t22-/m0/s1. The Labute approximate surface area is 159 Å². The van der Waals surface area contributed by atoms with Crippen molar-refractivity contribution in [3.8, 4) is 0 Å². The zero-order valence-electron chi connectivity index (χ0n) is 15.3. The quantitative estimate of drug-likeness (QED) is 0.656. The average molecular weight is 362 g/mol. The molecule has 3 rings (SSSR count). The Kier molecular flexibility index (Phi) is 5.99. The summed E-state index contributed by atoms with van der Waals surface area (Å²) in [4.78, 5) is 11.2. The van der Waals surface area contributed by atoms with Crippen LogP contribution in [0.5, 0.6) is 0 Å². The van der Waals surface area contributed by atoms with Gasteiger partial charge in [-0.25, -0.2) is 4.39 Å². The molecule has 3 aromatic rings. The molecule has 3 aromatic carbocycles. The van der Waals surface area contributed by atoms with Gasteiger partial charge < -0.3 is 11.1 Å². The monoisotopic (exact) mass is 362 g/mol. The predicted molar refractivity (Wildman–Crippen MR) is 106 cm³/mol. The molecule has 27 heavy (non-hydrogen) atoms. The maximum absolute atomic E-state index is 13.8. The second-order valence-corrected chi connectivity index (χ2v) is 6.53. The van der Waals surface area contributed by atoms with E-state index in [0.717, 1.165) is 23.1 Å². The topological polar surface area (TPSA) is 55.1 Å². The van der Waals surface area contributed by atoms with Gasteiger partial charge in [-0.3, -0.25) is 4.79 Å². The van der Waals surface area contributed by atoms with Crippen molar-refractivity contribution in [1.29, 1.82) is 0 Å². The molecule has 1 amide bonds. The lowest BCUT2D eigenvalue weighted by Gasteiger charge is -2.20. The van der Waals surface area contributed by atoms with Gasteiger partial charge >= 0.3 is 0 Å². The molecule has 0 spiro atoms. The van der Waals surface area contributed by atoms with Crippen LogP contribution in [-0.2, 0) is 13.0 Å². The molecular weight excluding hydrogens is 339 g/mol. The first-order chi connectivity index (χ1) is 13.1. The van der Waals surface area contributed by atoms with Crippen LogP contribution in [0.4, 0.5) is 4.39 Å². The van der Waals surface area contributed by atoms with Crippen LogP contribution in [0.25, 0.3) is 0 Å². The second-order valence-electron chi connectivity index (χ2n) is 6.53. The van der Waals surface area contributed by atoms with Crippen LogP contribution in [0.1, 0.15) is 45.6 Å². The second kappa shape index (κ2) is 8.60. The van der Waals surface area contributed by atoms with E-state index in [-0.39, 0.29) is 11.9 Å². The molecule has 0 aromatic heterocycles. The van der Waals surface area contributed by atoms with Crippen LogP contribution < -0.4 is 11.1 Å². The highest BCUT2D eigenvalue weighted by Crippen LogP contribution is 2.24. The molecule has 0 radical (unpaired) electrons. The maximum atomic E-state index is 13.8. The van der Waals surface area contributed by atoms with Gasteiger partial charge in [-0.2, -0.15) is 0 Å². The fourth-order valence-electron chi connectivity index (χ4n) is 3.07. The number of hydrogen-bond donors (Lipinski definition) is 2. The Morgan fingerprint density at radius 2 is 1.63 bits per heavy atom. The molecule has 3 nitrogen and oxygen atoms in total. The highest BCUT2D eigenvalue weighted by molar-refractivity contribution is 5.92. The number of hydrogen-bond acceptors (Lipinski definition) is 2. The summed E-state index contributed by atoms with van der Waals surface area (Å²) >= 11 is 0. The number of rotatable bonds is 7. The van der Waals surface area contributed by atoms with Crippen molar-refractivity contribution in [1.82, 2.24) is 5.32 Å². The fourth-order valence-corrected chi connectivity index (χ4v) is 3.07. The minimum Gasteiger partial charge on any atom is -0.366 e. The van der Waals surface area contributed by atoms with Gasteiger partial charge in [0.2, 0.25) is 5.91 Å². The van der Waals surface area contributed by atoms with E-state index in [1.165, 1.54) is 11.6 Å².